The van der Waals surface area contributed by atoms with Gasteiger partial charge >= 0.3 is 0 Å². The van der Waals surface area contributed by atoms with E-state index in [4.69, 9.17) is 14.0 Å². The number of likely N-dealkylation sites (tertiary alicyclic amines) is 1. The minimum Gasteiger partial charge on any atom is -0.381 e. The van der Waals surface area contributed by atoms with E-state index in [0.29, 0.717) is 36.3 Å². The number of halogens is 5. The highest BCUT2D eigenvalue weighted by atomic mass is 19.3. The number of benzene rings is 1. The molecule has 244 valence electrons. The molecule has 4 fully saturated rings. The fourth-order valence-corrected chi connectivity index (χ4v) is 7.49. The number of aromatic nitrogens is 4. The van der Waals surface area contributed by atoms with Crippen LogP contribution in [0.3, 0.4) is 0 Å². The van der Waals surface area contributed by atoms with Gasteiger partial charge in [0.25, 0.3) is 5.92 Å². The van der Waals surface area contributed by atoms with E-state index in [-0.39, 0.29) is 81.1 Å². The number of fused-ring (bicyclic) bond motifs is 1. The Morgan fingerprint density at radius 2 is 1.62 bits per heavy atom. The first kappa shape index (κ1) is 30.5. The molecule has 7 rings (SSSR count). The normalized spacial score (nSPS) is 24.4. The maximum atomic E-state index is 16.5. The standard InChI is InChI=1S/C31H36F5N5O4/c32-24-21(29(9-13-44-14-10-29)28(42)41-16-31(35,36)17-41)1-2-22-25(24)39-26(37-22)20(18-3-7-30(33,34)8-4-18)15-23-38-27(45-40-23)19-5-11-43-12-6-19/h1-2,18-20H,3-17H2,(H,37,39)/t20-/m0/s1. The lowest BCUT2D eigenvalue weighted by atomic mass is 9.72. The van der Waals surface area contributed by atoms with Crippen molar-refractivity contribution in [2.45, 2.75) is 86.9 Å². The van der Waals surface area contributed by atoms with Gasteiger partial charge in [0.2, 0.25) is 17.7 Å². The highest BCUT2D eigenvalue weighted by Gasteiger charge is 2.54. The van der Waals surface area contributed by atoms with Gasteiger partial charge in [-0.05, 0) is 50.5 Å². The van der Waals surface area contributed by atoms with Gasteiger partial charge in [-0.15, -0.1) is 0 Å². The summed E-state index contributed by atoms with van der Waals surface area (Å²) in [5, 5.41) is 4.20. The second-order valence-electron chi connectivity index (χ2n) is 13.1. The summed E-state index contributed by atoms with van der Waals surface area (Å²) in [7, 11) is 0. The van der Waals surface area contributed by atoms with Gasteiger partial charge in [0, 0.05) is 63.1 Å². The summed E-state index contributed by atoms with van der Waals surface area (Å²) in [5.41, 5.74) is -0.855. The molecule has 1 aromatic carbocycles. The van der Waals surface area contributed by atoms with Crippen molar-refractivity contribution in [3.8, 4) is 0 Å². The number of rotatable bonds is 7. The third-order valence-corrected chi connectivity index (χ3v) is 10.2. The molecule has 3 aliphatic heterocycles. The molecule has 2 aromatic heterocycles. The molecule has 3 aromatic rings. The topological polar surface area (TPSA) is 106 Å². The molecule has 14 heteroatoms. The van der Waals surface area contributed by atoms with Crippen molar-refractivity contribution in [3.63, 3.8) is 0 Å². The monoisotopic (exact) mass is 637 g/mol. The lowest BCUT2D eigenvalue weighted by molar-refractivity contribution is -0.174. The lowest BCUT2D eigenvalue weighted by Gasteiger charge is -2.46. The van der Waals surface area contributed by atoms with Crippen molar-refractivity contribution in [1.29, 1.82) is 0 Å². The first-order chi connectivity index (χ1) is 21.5. The van der Waals surface area contributed by atoms with Crippen LogP contribution in [0, 0.1) is 11.7 Å². The zero-order valence-corrected chi connectivity index (χ0v) is 24.8. The quantitative estimate of drug-likeness (QED) is 0.334. The Bertz CT molecular complexity index is 1530. The van der Waals surface area contributed by atoms with Gasteiger partial charge in [0.15, 0.2) is 11.6 Å². The molecule has 0 bridgehead atoms. The van der Waals surface area contributed by atoms with Crippen molar-refractivity contribution in [1.82, 2.24) is 25.0 Å². The maximum absolute atomic E-state index is 16.5. The molecule has 1 N–H and O–H groups in total. The SMILES string of the molecule is O=C(N1CC(F)(F)C1)C1(c2ccc3[nH]c([C@@H](Cc4noc(C5CCOCC5)n4)C4CCC(F)(F)CC4)nc3c2F)CCOCC1. The Morgan fingerprint density at radius 1 is 0.933 bits per heavy atom. The number of nitrogens with zero attached hydrogens (tertiary/aromatic N) is 4. The van der Waals surface area contributed by atoms with Gasteiger partial charge in [-0.3, -0.25) is 4.79 Å². The van der Waals surface area contributed by atoms with Crippen LogP contribution in [-0.2, 0) is 26.1 Å². The zero-order valence-electron chi connectivity index (χ0n) is 24.8. The van der Waals surface area contributed by atoms with Crippen LogP contribution in [0.1, 0.15) is 86.3 Å². The van der Waals surface area contributed by atoms with Crippen LogP contribution in [0.15, 0.2) is 16.7 Å². The van der Waals surface area contributed by atoms with Gasteiger partial charge in [0.1, 0.15) is 11.3 Å². The minimum absolute atomic E-state index is 0.0113. The number of alkyl halides is 4. The molecule has 1 amide bonds. The first-order valence-electron chi connectivity index (χ1n) is 15.8. The van der Waals surface area contributed by atoms with E-state index < -0.39 is 48.0 Å². The van der Waals surface area contributed by atoms with E-state index in [9.17, 15) is 22.4 Å². The molecule has 4 aliphatic rings. The summed E-state index contributed by atoms with van der Waals surface area (Å²) >= 11 is 0. The first-order valence-corrected chi connectivity index (χ1v) is 15.8. The Kier molecular flexibility index (Phi) is 7.86. The smallest absolute Gasteiger partial charge is 0.282 e. The number of aromatic amines is 1. The zero-order chi connectivity index (χ0) is 31.4. The number of carbonyl (C=O) groups is 1. The van der Waals surface area contributed by atoms with Gasteiger partial charge in [0.05, 0.1) is 24.0 Å². The van der Waals surface area contributed by atoms with Crippen LogP contribution in [0.25, 0.3) is 11.0 Å². The predicted molar refractivity (Wildman–Crippen MR) is 150 cm³/mol. The van der Waals surface area contributed by atoms with Gasteiger partial charge in [-0.1, -0.05) is 11.2 Å². The van der Waals surface area contributed by atoms with E-state index in [1.165, 1.54) is 6.07 Å². The average molecular weight is 638 g/mol. The largest absolute Gasteiger partial charge is 0.381 e. The summed E-state index contributed by atoms with van der Waals surface area (Å²) in [5.74, 6) is -6.07. The number of carbonyl (C=O) groups excluding carboxylic acids is 1. The molecule has 0 unspecified atom stereocenters. The molecule has 1 atom stereocenters. The minimum atomic E-state index is -2.95. The highest BCUT2D eigenvalue weighted by Crippen LogP contribution is 2.45. The van der Waals surface area contributed by atoms with Crippen molar-refractivity contribution in [2.75, 3.05) is 39.5 Å². The van der Waals surface area contributed by atoms with Crippen LogP contribution in [0.2, 0.25) is 0 Å². The van der Waals surface area contributed by atoms with Crippen molar-refractivity contribution >= 4 is 16.9 Å². The number of ether oxygens (including phenoxy) is 2. The number of hydrogen-bond donors (Lipinski definition) is 1. The third-order valence-electron chi connectivity index (χ3n) is 10.2. The maximum Gasteiger partial charge on any atom is 0.282 e. The fourth-order valence-electron chi connectivity index (χ4n) is 7.49. The second kappa shape index (κ2) is 11.6. The van der Waals surface area contributed by atoms with Crippen LogP contribution in [0.4, 0.5) is 22.0 Å². The Hall–Kier alpha value is -3.13. The van der Waals surface area contributed by atoms with E-state index >= 15 is 4.39 Å². The number of imidazole rings is 1. The van der Waals surface area contributed by atoms with Crippen LogP contribution >= 0.6 is 0 Å². The summed E-state index contributed by atoms with van der Waals surface area (Å²) in [4.78, 5) is 27.2. The predicted octanol–water partition coefficient (Wildman–Crippen LogP) is 5.66. The summed E-state index contributed by atoms with van der Waals surface area (Å²) < 4.78 is 88.6. The number of H-pyrrole nitrogens is 1. The molecule has 45 heavy (non-hydrogen) atoms. The molecule has 9 nitrogen and oxygen atoms in total. The number of hydrogen-bond acceptors (Lipinski definition) is 7. The Labute approximate surface area is 256 Å². The van der Waals surface area contributed by atoms with Crippen molar-refractivity contribution in [3.05, 3.63) is 41.1 Å². The second-order valence-corrected chi connectivity index (χ2v) is 13.1. The van der Waals surface area contributed by atoms with E-state index in [0.717, 1.165) is 17.7 Å². The lowest BCUT2D eigenvalue weighted by Crippen LogP contribution is -2.63. The molecule has 0 spiro atoms. The third kappa shape index (κ3) is 5.84. The molecule has 0 radical (unpaired) electrons. The Balaban J connectivity index is 1.22. The van der Waals surface area contributed by atoms with E-state index in [1.54, 1.807) is 6.07 Å². The van der Waals surface area contributed by atoms with Crippen LogP contribution in [-0.4, -0.2) is 82.3 Å². The van der Waals surface area contributed by atoms with Gasteiger partial charge in [-0.25, -0.2) is 26.9 Å². The molecule has 1 saturated carbocycles. The highest BCUT2D eigenvalue weighted by molar-refractivity contribution is 5.91. The van der Waals surface area contributed by atoms with Crippen LogP contribution < -0.4 is 0 Å². The molecule has 5 heterocycles. The number of amides is 1. The number of nitrogens with one attached hydrogen (secondary N) is 1. The summed E-state index contributed by atoms with van der Waals surface area (Å²) in [6, 6.07) is 3.17. The summed E-state index contributed by atoms with van der Waals surface area (Å²) in [6.07, 6.45) is 2.11. The average Bonchev–Trinajstić information content (AvgIpc) is 3.67. The van der Waals surface area contributed by atoms with Gasteiger partial charge in [-0.2, -0.15) is 4.98 Å². The van der Waals surface area contributed by atoms with Crippen LogP contribution in [0.5, 0.6) is 0 Å². The van der Waals surface area contributed by atoms with Crippen molar-refractivity contribution in [2.24, 2.45) is 5.92 Å². The molecular weight excluding hydrogens is 601 g/mol. The van der Waals surface area contributed by atoms with Gasteiger partial charge < -0.3 is 23.9 Å². The Morgan fingerprint density at radius 3 is 2.31 bits per heavy atom. The van der Waals surface area contributed by atoms with Crippen molar-refractivity contribution < 1.29 is 40.7 Å². The molecule has 1 aliphatic carbocycles. The summed E-state index contributed by atoms with van der Waals surface area (Å²) in [6.45, 7) is 0.206. The van der Waals surface area contributed by atoms with E-state index in [1.807, 2.05) is 0 Å². The van der Waals surface area contributed by atoms with E-state index in [2.05, 4.69) is 20.1 Å². The molecular formula is C31H36F5N5O4. The fraction of sp³-hybridized carbons (Fsp3) is 0.677. The molecule has 3 saturated heterocycles.